The lowest BCUT2D eigenvalue weighted by molar-refractivity contribution is -0.173. The Balaban J connectivity index is 1.50. The van der Waals surface area contributed by atoms with Crippen molar-refractivity contribution in [1.29, 1.82) is 0 Å². The summed E-state index contributed by atoms with van der Waals surface area (Å²) in [6.45, 7) is 6.17. The maximum absolute atomic E-state index is 13.2. The molecule has 15 nitrogen and oxygen atoms in total. The Hall–Kier alpha value is -3.29. The van der Waals surface area contributed by atoms with Gasteiger partial charge in [0.05, 0.1) is 5.41 Å². The van der Waals surface area contributed by atoms with E-state index in [0.717, 1.165) is 16.5 Å². The van der Waals surface area contributed by atoms with Crippen LogP contribution in [0.15, 0.2) is 20.8 Å². The number of nitrogen functional groups attached to an aromatic ring is 1. The van der Waals surface area contributed by atoms with E-state index in [2.05, 4.69) is 30.0 Å². The maximum Gasteiger partial charge on any atom is 0.357 e. The Bertz CT molecular complexity index is 1400. The third kappa shape index (κ3) is 6.37. The molecule has 0 aliphatic carbocycles. The van der Waals surface area contributed by atoms with E-state index in [9.17, 15) is 24.4 Å². The molecule has 4 rings (SSSR count). The van der Waals surface area contributed by atoms with Gasteiger partial charge in [-0.05, 0) is 33.3 Å². The van der Waals surface area contributed by atoms with Crippen LogP contribution in [0.2, 0.25) is 0 Å². The minimum absolute atomic E-state index is 0.00443. The first-order chi connectivity index (χ1) is 18.9. The Labute approximate surface area is 244 Å². The topological polar surface area (TPSA) is 212 Å². The number of aryl methyl sites for hydroxylation is 1. The number of anilines is 1. The van der Waals surface area contributed by atoms with Gasteiger partial charge in [0, 0.05) is 23.0 Å². The number of rotatable bonds is 9. The van der Waals surface area contributed by atoms with Crippen LogP contribution in [0, 0.1) is 12.3 Å². The molecule has 1 saturated heterocycles. The van der Waals surface area contributed by atoms with Crippen molar-refractivity contribution in [2.45, 2.75) is 43.5 Å². The van der Waals surface area contributed by atoms with Gasteiger partial charge in [-0.3, -0.25) is 19.3 Å². The zero-order valence-corrected chi connectivity index (χ0v) is 24.8. The molecule has 0 aromatic carbocycles. The fourth-order valence-corrected chi connectivity index (χ4v) is 7.16. The predicted octanol–water partition coefficient (Wildman–Crippen LogP) is 0.995. The quantitative estimate of drug-likeness (QED) is 0.0672. The zero-order valence-electron chi connectivity index (χ0n) is 21.6. The summed E-state index contributed by atoms with van der Waals surface area (Å²) < 4.78 is 14.8. The molecule has 214 valence electrons. The van der Waals surface area contributed by atoms with E-state index in [1.807, 2.05) is 6.92 Å². The van der Waals surface area contributed by atoms with Gasteiger partial charge < -0.3 is 25.7 Å². The van der Waals surface area contributed by atoms with E-state index in [1.54, 1.807) is 20.8 Å². The number of fused-ring (bicyclic) bond motifs is 1. The van der Waals surface area contributed by atoms with Crippen molar-refractivity contribution in [2.75, 3.05) is 24.0 Å². The highest BCUT2D eigenvalue weighted by atomic mass is 32.2. The third-order valence-electron chi connectivity index (χ3n) is 5.37. The highest BCUT2D eigenvalue weighted by Crippen LogP contribution is 2.42. The van der Waals surface area contributed by atoms with Crippen LogP contribution in [-0.2, 0) is 28.7 Å². The second kappa shape index (κ2) is 12.1. The molecule has 0 spiro atoms. The number of β-lactam (4-membered cyclic amide) rings is 1. The Morgan fingerprint density at radius 3 is 2.62 bits per heavy atom. The molecular weight excluding hydrogens is 605 g/mol. The number of ether oxygens (including phenoxy) is 2. The molecule has 1 unspecified atom stereocenters. The van der Waals surface area contributed by atoms with E-state index in [-0.39, 0.29) is 16.7 Å². The Morgan fingerprint density at radius 2 is 2.02 bits per heavy atom. The van der Waals surface area contributed by atoms with Crippen molar-refractivity contribution < 1.29 is 33.9 Å². The first-order valence-electron chi connectivity index (χ1n) is 11.5. The molecule has 4 heterocycles. The highest BCUT2D eigenvalue weighted by Gasteiger charge is 2.54. The van der Waals surface area contributed by atoms with Crippen molar-refractivity contribution >= 4 is 81.0 Å². The summed E-state index contributed by atoms with van der Waals surface area (Å²) in [7, 11) is 0. The van der Waals surface area contributed by atoms with E-state index in [4.69, 9.17) is 15.2 Å². The minimum Gasteiger partial charge on any atom is -0.427 e. The van der Waals surface area contributed by atoms with Crippen LogP contribution >= 0.6 is 46.4 Å². The van der Waals surface area contributed by atoms with Crippen LogP contribution in [0.3, 0.4) is 0 Å². The average molecular weight is 629 g/mol. The number of oxime groups is 1. The number of hydrogen-bond donors (Lipinski definition) is 3. The van der Waals surface area contributed by atoms with E-state index < -0.39 is 53.1 Å². The molecular formula is C21H24N8O7S4. The molecule has 2 amide bonds. The van der Waals surface area contributed by atoms with Gasteiger partial charge in [-0.15, -0.1) is 22.0 Å². The highest BCUT2D eigenvalue weighted by molar-refractivity contribution is 8.01. The maximum atomic E-state index is 13.2. The Morgan fingerprint density at radius 1 is 1.27 bits per heavy atom. The second-order valence-corrected chi connectivity index (χ2v) is 13.6. The van der Waals surface area contributed by atoms with Gasteiger partial charge in [-0.2, -0.15) is 9.36 Å². The van der Waals surface area contributed by atoms with E-state index >= 15 is 0 Å². The molecule has 4 N–H and O–H groups in total. The normalized spacial score (nSPS) is 19.1. The summed E-state index contributed by atoms with van der Waals surface area (Å²) in [5.74, 6) is -2.43. The van der Waals surface area contributed by atoms with Gasteiger partial charge >= 0.3 is 11.9 Å². The smallest absolute Gasteiger partial charge is 0.357 e. The number of hydrogen-bond acceptors (Lipinski definition) is 17. The van der Waals surface area contributed by atoms with Gasteiger partial charge in [0.15, 0.2) is 9.47 Å². The lowest BCUT2D eigenvalue weighted by atomic mass is 9.98. The van der Waals surface area contributed by atoms with Crippen LogP contribution in [0.4, 0.5) is 5.13 Å². The SMILES string of the molecule is Cc1nnc(SCC2=C(C(=O)OCOC(=O)C(C)(C)C)N3C(=O)C(NC(=O)C(=NO)c4nsc(N)n4)[C@H]3SC2)s1. The van der Waals surface area contributed by atoms with E-state index in [0.29, 0.717) is 21.4 Å². The monoisotopic (exact) mass is 628 g/mol. The summed E-state index contributed by atoms with van der Waals surface area (Å²) in [6.07, 6.45) is 0. The predicted molar refractivity (Wildman–Crippen MR) is 147 cm³/mol. The van der Waals surface area contributed by atoms with E-state index in [1.165, 1.54) is 39.8 Å². The van der Waals surface area contributed by atoms with Gasteiger partial charge in [0.1, 0.15) is 22.1 Å². The zero-order chi connectivity index (χ0) is 29.2. The lowest BCUT2D eigenvalue weighted by Crippen LogP contribution is -2.71. The molecule has 2 aromatic heterocycles. The fourth-order valence-electron chi connectivity index (χ4n) is 3.42. The molecule has 19 heteroatoms. The number of carbonyl (C=O) groups excluding carboxylic acids is 4. The van der Waals surface area contributed by atoms with Crippen LogP contribution in [-0.4, -0.2) is 88.8 Å². The number of esters is 2. The van der Waals surface area contributed by atoms with Gasteiger partial charge in [0.2, 0.25) is 18.3 Å². The molecule has 1 fully saturated rings. The van der Waals surface area contributed by atoms with Crippen molar-refractivity contribution in [3.63, 3.8) is 0 Å². The van der Waals surface area contributed by atoms with Crippen LogP contribution in [0.1, 0.15) is 31.6 Å². The molecule has 2 aliphatic rings. The molecule has 0 bridgehead atoms. The van der Waals surface area contributed by atoms with Crippen molar-refractivity contribution in [3.05, 3.63) is 22.1 Å². The summed E-state index contributed by atoms with van der Waals surface area (Å²) in [5.41, 5.74) is 4.83. The number of amides is 2. The average Bonchev–Trinajstić information content (AvgIpc) is 3.52. The number of carbonyl (C=O) groups is 4. The number of nitrogens with one attached hydrogen (secondary N) is 1. The summed E-state index contributed by atoms with van der Waals surface area (Å²) >= 11 is 4.88. The van der Waals surface area contributed by atoms with Gasteiger partial charge in [0.25, 0.3) is 11.8 Å². The molecule has 0 saturated carbocycles. The fraction of sp³-hybridized carbons (Fsp3) is 0.476. The summed E-state index contributed by atoms with van der Waals surface area (Å²) in [5, 5.41) is 23.0. The van der Waals surface area contributed by atoms with Crippen molar-refractivity contribution in [3.8, 4) is 0 Å². The molecule has 2 aliphatic heterocycles. The molecule has 0 radical (unpaired) electrons. The summed E-state index contributed by atoms with van der Waals surface area (Å²) in [6, 6.07) is -1.04. The first kappa shape index (κ1) is 29.7. The molecule has 2 atom stereocenters. The van der Waals surface area contributed by atoms with Crippen LogP contribution in [0.5, 0.6) is 0 Å². The van der Waals surface area contributed by atoms with Gasteiger partial charge in [-0.1, -0.05) is 28.3 Å². The van der Waals surface area contributed by atoms with Crippen LogP contribution in [0.25, 0.3) is 0 Å². The largest absolute Gasteiger partial charge is 0.427 e. The number of aromatic nitrogens is 4. The van der Waals surface area contributed by atoms with Crippen molar-refractivity contribution in [1.82, 2.24) is 29.8 Å². The van der Waals surface area contributed by atoms with Gasteiger partial charge in [-0.25, -0.2) is 4.79 Å². The first-order valence-corrected chi connectivity index (χ1v) is 15.1. The van der Waals surface area contributed by atoms with Crippen LogP contribution < -0.4 is 11.1 Å². The number of thioether (sulfide) groups is 2. The Kier molecular flexibility index (Phi) is 8.96. The molecule has 40 heavy (non-hydrogen) atoms. The number of nitrogens with two attached hydrogens (primary N) is 1. The second-order valence-electron chi connectivity index (χ2n) is 9.33. The van der Waals surface area contributed by atoms with Crippen molar-refractivity contribution in [2.24, 2.45) is 10.6 Å². The third-order valence-corrected chi connectivity index (χ3v) is 9.31. The summed E-state index contributed by atoms with van der Waals surface area (Å²) in [4.78, 5) is 56.3. The standard InChI is InChI=1S/C21H24N8O7S4/c1-8-25-26-20(39-8)38-6-9-5-37-16-11(23-14(30)10(27-34)13-24-19(22)40-28-13)15(31)29(16)12(9)17(32)35-7-36-18(33)21(2,3)4/h11,16,34H,5-7H2,1-4H3,(H,23,30)(H2,22,24,28)/t11?,16-/m1/s1. The minimum atomic E-state index is -1.04. The molecule has 2 aromatic rings. The number of nitrogens with zero attached hydrogens (tertiary/aromatic N) is 6. The lowest BCUT2D eigenvalue weighted by Gasteiger charge is -2.49.